The summed E-state index contributed by atoms with van der Waals surface area (Å²) >= 11 is 0. The zero-order valence-corrected chi connectivity index (χ0v) is 28.0. The van der Waals surface area contributed by atoms with Crippen molar-refractivity contribution in [1.29, 1.82) is 0 Å². The van der Waals surface area contributed by atoms with Gasteiger partial charge in [-0.15, -0.1) is 0 Å². The molecule has 4 aromatic carbocycles. The molecule has 4 aromatic rings. The Labute approximate surface area is 277 Å². The van der Waals surface area contributed by atoms with Crippen molar-refractivity contribution < 1.29 is 27.1 Å². The van der Waals surface area contributed by atoms with Gasteiger partial charge in [-0.25, -0.2) is 12.8 Å². The van der Waals surface area contributed by atoms with Crippen LogP contribution in [0, 0.1) is 18.7 Å². The Balaban J connectivity index is 1.80. The quantitative estimate of drug-likeness (QED) is 0.166. The van der Waals surface area contributed by atoms with Gasteiger partial charge in [0.2, 0.25) is 11.8 Å². The number of hydrogen-bond acceptors (Lipinski definition) is 5. The number of aryl methyl sites for hydroxylation is 1. The molecule has 0 aliphatic carbocycles. The van der Waals surface area contributed by atoms with Crippen molar-refractivity contribution in [2.75, 3.05) is 24.0 Å². The Morgan fingerprint density at radius 3 is 2.13 bits per heavy atom. The standard InChI is InChI=1S/C37H42FN3O5S/c1-5-46-33-19-17-32(18-20-33)41(47(44,45)34-21-15-31(38)16-22-34)26-36(42)40(25-30-14-10-9-11-28(30)4)35(37(43)39-24-27(2)3)23-29-12-7-6-8-13-29/h6-22,27,35H,5,23-26H2,1-4H3,(H,39,43)/t35-/m0/s1. The summed E-state index contributed by atoms with van der Waals surface area (Å²) in [6.07, 6.45) is 0.218. The van der Waals surface area contributed by atoms with Crippen LogP contribution in [0.2, 0.25) is 0 Å². The van der Waals surface area contributed by atoms with Crippen molar-refractivity contribution in [3.05, 3.63) is 126 Å². The van der Waals surface area contributed by atoms with Crippen LogP contribution in [0.1, 0.15) is 37.5 Å². The van der Waals surface area contributed by atoms with E-state index in [1.165, 1.54) is 17.0 Å². The summed E-state index contributed by atoms with van der Waals surface area (Å²) in [7, 11) is -4.35. The maximum atomic E-state index is 14.6. The fourth-order valence-electron chi connectivity index (χ4n) is 5.09. The Morgan fingerprint density at radius 1 is 0.872 bits per heavy atom. The molecule has 0 fully saturated rings. The van der Waals surface area contributed by atoms with Crippen LogP contribution in [-0.4, -0.2) is 50.9 Å². The van der Waals surface area contributed by atoms with Gasteiger partial charge < -0.3 is 15.0 Å². The van der Waals surface area contributed by atoms with E-state index in [9.17, 15) is 22.4 Å². The van der Waals surface area contributed by atoms with E-state index in [0.29, 0.717) is 18.9 Å². The predicted octanol–water partition coefficient (Wildman–Crippen LogP) is 6.14. The number of rotatable bonds is 15. The van der Waals surface area contributed by atoms with Crippen LogP contribution in [0.25, 0.3) is 0 Å². The topological polar surface area (TPSA) is 96.0 Å². The lowest BCUT2D eigenvalue weighted by Gasteiger charge is -2.34. The number of carbonyl (C=O) groups is 2. The van der Waals surface area contributed by atoms with Gasteiger partial charge in [0.1, 0.15) is 24.2 Å². The maximum absolute atomic E-state index is 14.6. The van der Waals surface area contributed by atoms with E-state index in [-0.39, 0.29) is 35.4 Å². The van der Waals surface area contributed by atoms with Crippen molar-refractivity contribution in [2.24, 2.45) is 5.92 Å². The van der Waals surface area contributed by atoms with E-state index in [0.717, 1.165) is 33.1 Å². The number of hydrogen-bond donors (Lipinski definition) is 1. The summed E-state index contributed by atoms with van der Waals surface area (Å²) < 4.78 is 48.6. The highest BCUT2D eigenvalue weighted by atomic mass is 32.2. The summed E-state index contributed by atoms with van der Waals surface area (Å²) in [5.74, 6) is -0.791. The number of halogens is 1. The first-order valence-electron chi connectivity index (χ1n) is 15.7. The third-order valence-corrected chi connectivity index (χ3v) is 9.46. The minimum Gasteiger partial charge on any atom is -0.494 e. The third-order valence-electron chi connectivity index (χ3n) is 7.67. The van der Waals surface area contributed by atoms with Crippen LogP contribution in [0.5, 0.6) is 5.75 Å². The van der Waals surface area contributed by atoms with Gasteiger partial charge in [0.05, 0.1) is 17.2 Å². The fraction of sp³-hybridized carbons (Fsp3) is 0.297. The average molecular weight is 660 g/mol. The number of ether oxygens (including phenoxy) is 1. The molecular weight excluding hydrogens is 617 g/mol. The molecule has 0 bridgehead atoms. The highest BCUT2D eigenvalue weighted by Crippen LogP contribution is 2.27. The van der Waals surface area contributed by atoms with E-state index >= 15 is 0 Å². The van der Waals surface area contributed by atoms with Crippen LogP contribution in [0.4, 0.5) is 10.1 Å². The van der Waals surface area contributed by atoms with Gasteiger partial charge in [-0.05, 0) is 85.0 Å². The Kier molecular flexibility index (Phi) is 12.1. The second-order valence-electron chi connectivity index (χ2n) is 11.7. The molecule has 0 aromatic heterocycles. The van der Waals surface area contributed by atoms with Crippen molar-refractivity contribution in [3.63, 3.8) is 0 Å². The third kappa shape index (κ3) is 9.42. The first-order valence-corrected chi connectivity index (χ1v) is 17.1. The molecule has 248 valence electrons. The van der Waals surface area contributed by atoms with Crippen LogP contribution in [0.3, 0.4) is 0 Å². The Hall–Kier alpha value is -4.70. The SMILES string of the molecule is CCOc1ccc(N(CC(=O)N(Cc2ccccc2C)[C@@H](Cc2ccccc2)C(=O)NCC(C)C)S(=O)(=O)c2ccc(F)cc2)cc1. The van der Waals surface area contributed by atoms with Crippen molar-refractivity contribution in [1.82, 2.24) is 10.2 Å². The van der Waals surface area contributed by atoms with Crippen LogP contribution in [0.15, 0.2) is 108 Å². The van der Waals surface area contributed by atoms with Gasteiger partial charge >= 0.3 is 0 Å². The average Bonchev–Trinajstić information content (AvgIpc) is 3.06. The molecule has 47 heavy (non-hydrogen) atoms. The van der Waals surface area contributed by atoms with Gasteiger partial charge in [-0.2, -0.15) is 0 Å². The van der Waals surface area contributed by atoms with E-state index in [4.69, 9.17) is 4.74 Å². The van der Waals surface area contributed by atoms with Gasteiger partial charge in [0.25, 0.3) is 10.0 Å². The predicted molar refractivity (Wildman–Crippen MR) is 182 cm³/mol. The summed E-state index contributed by atoms with van der Waals surface area (Å²) in [5, 5.41) is 2.99. The van der Waals surface area contributed by atoms with Crippen LogP contribution in [-0.2, 0) is 32.6 Å². The number of sulfonamides is 1. The monoisotopic (exact) mass is 659 g/mol. The first kappa shape index (κ1) is 35.2. The lowest BCUT2D eigenvalue weighted by molar-refractivity contribution is -0.140. The Morgan fingerprint density at radius 2 is 1.51 bits per heavy atom. The highest BCUT2D eigenvalue weighted by molar-refractivity contribution is 7.92. The smallest absolute Gasteiger partial charge is 0.264 e. The Bertz CT molecular complexity index is 1730. The van der Waals surface area contributed by atoms with E-state index in [1.54, 1.807) is 24.3 Å². The number of amides is 2. The number of nitrogens with zero attached hydrogens (tertiary/aromatic N) is 2. The molecular formula is C37H42FN3O5S. The maximum Gasteiger partial charge on any atom is 0.264 e. The molecule has 0 saturated carbocycles. The molecule has 0 aliphatic rings. The number of anilines is 1. The fourth-order valence-corrected chi connectivity index (χ4v) is 6.50. The lowest BCUT2D eigenvalue weighted by Crippen LogP contribution is -2.53. The van der Waals surface area contributed by atoms with Gasteiger partial charge in [-0.1, -0.05) is 68.4 Å². The van der Waals surface area contributed by atoms with E-state index in [2.05, 4.69) is 5.32 Å². The number of carbonyl (C=O) groups excluding carboxylic acids is 2. The molecule has 0 spiro atoms. The van der Waals surface area contributed by atoms with Crippen molar-refractivity contribution >= 4 is 27.5 Å². The second kappa shape index (κ2) is 16.2. The van der Waals surface area contributed by atoms with Crippen LogP contribution >= 0.6 is 0 Å². The number of benzene rings is 4. The van der Waals surface area contributed by atoms with E-state index < -0.39 is 34.3 Å². The van der Waals surface area contributed by atoms with Gasteiger partial charge in [0.15, 0.2) is 0 Å². The minimum atomic E-state index is -4.35. The molecule has 2 amide bonds. The van der Waals surface area contributed by atoms with Gasteiger partial charge in [-0.3, -0.25) is 13.9 Å². The molecule has 0 saturated heterocycles. The van der Waals surface area contributed by atoms with Crippen LogP contribution < -0.4 is 14.4 Å². The minimum absolute atomic E-state index is 0.0752. The molecule has 10 heteroatoms. The van der Waals surface area contributed by atoms with E-state index in [1.807, 2.05) is 82.3 Å². The summed E-state index contributed by atoms with van der Waals surface area (Å²) in [6.45, 7) is 8.03. The molecule has 0 unspecified atom stereocenters. The zero-order valence-electron chi connectivity index (χ0n) is 27.2. The van der Waals surface area contributed by atoms with Gasteiger partial charge in [0, 0.05) is 19.5 Å². The molecule has 0 radical (unpaired) electrons. The molecule has 0 heterocycles. The lowest BCUT2D eigenvalue weighted by atomic mass is 10.0. The zero-order chi connectivity index (χ0) is 34.0. The summed E-state index contributed by atoms with van der Waals surface area (Å²) in [5.41, 5.74) is 2.81. The molecule has 1 atom stereocenters. The second-order valence-corrected chi connectivity index (χ2v) is 13.5. The number of nitrogens with one attached hydrogen (secondary N) is 1. The normalized spacial score (nSPS) is 12.0. The first-order chi connectivity index (χ1) is 22.5. The molecule has 1 N–H and O–H groups in total. The summed E-state index contributed by atoms with van der Waals surface area (Å²) in [6, 6.07) is 26.8. The molecule has 8 nitrogen and oxygen atoms in total. The molecule has 0 aliphatic heterocycles. The summed E-state index contributed by atoms with van der Waals surface area (Å²) in [4.78, 5) is 29.8. The van der Waals surface area contributed by atoms with Crippen molar-refractivity contribution in [2.45, 2.75) is 51.6 Å². The molecule has 4 rings (SSSR count). The van der Waals surface area contributed by atoms with Crippen molar-refractivity contribution in [3.8, 4) is 5.75 Å². The largest absolute Gasteiger partial charge is 0.494 e. The highest BCUT2D eigenvalue weighted by Gasteiger charge is 2.35.